The van der Waals surface area contributed by atoms with Crippen molar-refractivity contribution in [2.45, 2.75) is 19.9 Å². The predicted molar refractivity (Wildman–Crippen MR) is 67.1 cm³/mol. The second-order valence-corrected chi connectivity index (χ2v) is 4.70. The molecule has 1 atom stereocenters. The van der Waals surface area contributed by atoms with Crippen LogP contribution in [0.15, 0.2) is 11.7 Å². The highest BCUT2D eigenvalue weighted by Gasteiger charge is 2.09. The molecule has 2 heterocycles. The number of fused-ring (bicyclic) bond motifs is 1. The Labute approximate surface area is 98.7 Å². The molecule has 0 amide bonds. The summed E-state index contributed by atoms with van der Waals surface area (Å²) >= 11 is 1.67. The first kappa shape index (κ1) is 11.3. The van der Waals surface area contributed by atoms with Crippen molar-refractivity contribution < 1.29 is 4.74 Å². The van der Waals surface area contributed by atoms with Gasteiger partial charge in [-0.05, 0) is 24.8 Å². The van der Waals surface area contributed by atoms with Crippen molar-refractivity contribution in [1.29, 1.82) is 0 Å². The van der Waals surface area contributed by atoms with Crippen molar-refractivity contribution >= 4 is 27.4 Å². The van der Waals surface area contributed by atoms with E-state index in [1.54, 1.807) is 24.8 Å². The SMILES string of the molecule is COCC(C)Nc1ncnc2c(C)csc12. The minimum Gasteiger partial charge on any atom is -0.383 e. The second kappa shape index (κ2) is 4.76. The van der Waals surface area contributed by atoms with Crippen molar-refractivity contribution in [1.82, 2.24) is 9.97 Å². The molecule has 0 radical (unpaired) electrons. The lowest BCUT2D eigenvalue weighted by Crippen LogP contribution is -2.21. The van der Waals surface area contributed by atoms with Crippen LogP contribution in [0.1, 0.15) is 12.5 Å². The highest BCUT2D eigenvalue weighted by Crippen LogP contribution is 2.28. The Morgan fingerprint density at radius 3 is 3.06 bits per heavy atom. The maximum Gasteiger partial charge on any atom is 0.147 e. The zero-order valence-corrected chi connectivity index (χ0v) is 10.5. The summed E-state index contributed by atoms with van der Waals surface area (Å²) in [7, 11) is 1.70. The fourth-order valence-corrected chi connectivity index (χ4v) is 2.55. The fraction of sp³-hybridized carbons (Fsp3) is 0.455. The highest BCUT2D eigenvalue weighted by molar-refractivity contribution is 7.18. The minimum atomic E-state index is 0.241. The summed E-state index contributed by atoms with van der Waals surface area (Å²) in [5.41, 5.74) is 2.23. The van der Waals surface area contributed by atoms with Crippen LogP contribution in [0.5, 0.6) is 0 Å². The Balaban J connectivity index is 2.30. The lowest BCUT2D eigenvalue weighted by molar-refractivity contribution is 0.190. The molecule has 0 spiro atoms. The number of anilines is 1. The molecule has 0 saturated heterocycles. The zero-order valence-electron chi connectivity index (χ0n) is 9.65. The molecule has 0 aliphatic heterocycles. The Bertz CT molecular complexity index is 483. The Morgan fingerprint density at radius 1 is 1.50 bits per heavy atom. The predicted octanol–water partition coefficient (Wildman–Crippen LogP) is 2.45. The van der Waals surface area contributed by atoms with Crippen LogP contribution in [-0.4, -0.2) is 29.7 Å². The van der Waals surface area contributed by atoms with Gasteiger partial charge in [-0.25, -0.2) is 9.97 Å². The summed E-state index contributed by atoms with van der Waals surface area (Å²) in [6.45, 7) is 4.79. The number of nitrogens with one attached hydrogen (secondary N) is 1. The van der Waals surface area contributed by atoms with E-state index in [0.717, 1.165) is 16.0 Å². The van der Waals surface area contributed by atoms with E-state index >= 15 is 0 Å². The van der Waals surface area contributed by atoms with Gasteiger partial charge in [0.05, 0.1) is 16.8 Å². The van der Waals surface area contributed by atoms with Gasteiger partial charge in [0.2, 0.25) is 0 Å². The standard InChI is InChI=1S/C11H15N3OS/c1-7-5-16-10-9(7)12-6-13-11(10)14-8(2)4-15-3/h5-6,8H,4H2,1-3H3,(H,12,13,14). The van der Waals surface area contributed by atoms with Gasteiger partial charge in [-0.3, -0.25) is 0 Å². The van der Waals surface area contributed by atoms with Crippen molar-refractivity contribution in [3.63, 3.8) is 0 Å². The summed E-state index contributed by atoms with van der Waals surface area (Å²) in [6.07, 6.45) is 1.60. The number of hydrogen-bond acceptors (Lipinski definition) is 5. The number of aryl methyl sites for hydroxylation is 1. The minimum absolute atomic E-state index is 0.241. The van der Waals surface area contributed by atoms with Gasteiger partial charge in [-0.1, -0.05) is 0 Å². The number of methoxy groups -OCH3 is 1. The van der Waals surface area contributed by atoms with E-state index in [-0.39, 0.29) is 6.04 Å². The lowest BCUT2D eigenvalue weighted by Gasteiger charge is -2.13. The van der Waals surface area contributed by atoms with E-state index in [2.05, 4.69) is 34.5 Å². The molecule has 2 rings (SSSR count). The Hall–Kier alpha value is -1.20. The average molecular weight is 237 g/mol. The molecule has 1 unspecified atom stereocenters. The van der Waals surface area contributed by atoms with Gasteiger partial charge in [0.25, 0.3) is 0 Å². The van der Waals surface area contributed by atoms with Crippen molar-refractivity contribution in [3.05, 3.63) is 17.3 Å². The van der Waals surface area contributed by atoms with Gasteiger partial charge in [0.15, 0.2) is 0 Å². The molecule has 2 aromatic rings. The summed E-state index contributed by atoms with van der Waals surface area (Å²) in [5, 5.41) is 5.44. The number of nitrogens with zero attached hydrogens (tertiary/aromatic N) is 2. The van der Waals surface area contributed by atoms with E-state index < -0.39 is 0 Å². The highest BCUT2D eigenvalue weighted by atomic mass is 32.1. The van der Waals surface area contributed by atoms with Crippen LogP contribution in [0.2, 0.25) is 0 Å². The van der Waals surface area contributed by atoms with E-state index in [9.17, 15) is 0 Å². The first-order valence-corrected chi connectivity index (χ1v) is 6.04. The summed E-state index contributed by atoms with van der Waals surface area (Å²) in [4.78, 5) is 8.56. The third-order valence-electron chi connectivity index (χ3n) is 2.33. The molecule has 2 aromatic heterocycles. The zero-order chi connectivity index (χ0) is 11.5. The van der Waals surface area contributed by atoms with Crippen LogP contribution in [0.25, 0.3) is 10.2 Å². The molecule has 0 aliphatic rings. The third-order valence-corrected chi connectivity index (χ3v) is 3.42. The number of thiophene rings is 1. The first-order valence-electron chi connectivity index (χ1n) is 5.16. The fourth-order valence-electron chi connectivity index (χ4n) is 1.60. The second-order valence-electron chi connectivity index (χ2n) is 3.82. The number of hydrogen-bond donors (Lipinski definition) is 1. The van der Waals surface area contributed by atoms with Gasteiger partial charge in [-0.15, -0.1) is 11.3 Å². The summed E-state index contributed by atoms with van der Waals surface area (Å²) in [6, 6.07) is 0.241. The number of rotatable bonds is 4. The van der Waals surface area contributed by atoms with E-state index in [4.69, 9.17) is 4.74 Å². The van der Waals surface area contributed by atoms with Crippen LogP contribution in [0.3, 0.4) is 0 Å². The van der Waals surface area contributed by atoms with Gasteiger partial charge in [0, 0.05) is 13.2 Å². The summed E-state index contributed by atoms with van der Waals surface area (Å²) < 4.78 is 6.20. The monoisotopic (exact) mass is 237 g/mol. The average Bonchev–Trinajstić information content (AvgIpc) is 2.62. The molecular formula is C11H15N3OS. The Morgan fingerprint density at radius 2 is 2.31 bits per heavy atom. The molecule has 0 aliphatic carbocycles. The molecule has 0 saturated carbocycles. The topological polar surface area (TPSA) is 47.0 Å². The largest absolute Gasteiger partial charge is 0.383 e. The maximum absolute atomic E-state index is 5.09. The number of aromatic nitrogens is 2. The molecule has 16 heavy (non-hydrogen) atoms. The maximum atomic E-state index is 5.09. The van der Waals surface area contributed by atoms with Gasteiger partial charge in [0.1, 0.15) is 12.1 Å². The van der Waals surface area contributed by atoms with Gasteiger partial charge < -0.3 is 10.1 Å². The van der Waals surface area contributed by atoms with Crippen molar-refractivity contribution in [3.8, 4) is 0 Å². The van der Waals surface area contributed by atoms with Gasteiger partial charge in [-0.2, -0.15) is 0 Å². The quantitative estimate of drug-likeness (QED) is 0.887. The van der Waals surface area contributed by atoms with Crippen molar-refractivity contribution in [2.24, 2.45) is 0 Å². The lowest BCUT2D eigenvalue weighted by atomic mass is 10.3. The molecule has 0 aromatic carbocycles. The number of ether oxygens (including phenoxy) is 1. The molecule has 0 bridgehead atoms. The van der Waals surface area contributed by atoms with Crippen molar-refractivity contribution in [2.75, 3.05) is 19.0 Å². The van der Waals surface area contributed by atoms with E-state index in [1.807, 2.05) is 0 Å². The van der Waals surface area contributed by atoms with E-state index in [1.165, 1.54) is 5.56 Å². The molecular weight excluding hydrogens is 222 g/mol. The normalized spacial score (nSPS) is 12.9. The Kier molecular flexibility index (Phi) is 3.36. The smallest absolute Gasteiger partial charge is 0.147 e. The van der Waals surface area contributed by atoms with Gasteiger partial charge >= 0.3 is 0 Å². The van der Waals surface area contributed by atoms with Crippen LogP contribution >= 0.6 is 11.3 Å². The van der Waals surface area contributed by atoms with Crippen LogP contribution in [-0.2, 0) is 4.74 Å². The van der Waals surface area contributed by atoms with Crippen LogP contribution in [0.4, 0.5) is 5.82 Å². The molecule has 86 valence electrons. The molecule has 5 heteroatoms. The van der Waals surface area contributed by atoms with Crippen LogP contribution in [0, 0.1) is 6.92 Å². The first-order chi connectivity index (χ1) is 7.72. The van der Waals surface area contributed by atoms with Crippen LogP contribution < -0.4 is 5.32 Å². The van der Waals surface area contributed by atoms with E-state index in [0.29, 0.717) is 6.61 Å². The third kappa shape index (κ3) is 2.15. The molecule has 1 N–H and O–H groups in total. The summed E-state index contributed by atoms with van der Waals surface area (Å²) in [5.74, 6) is 0.896. The molecule has 4 nitrogen and oxygen atoms in total. The molecule has 0 fully saturated rings.